The van der Waals surface area contributed by atoms with Gasteiger partial charge in [-0.2, -0.15) is 0 Å². The summed E-state index contributed by atoms with van der Waals surface area (Å²) in [5.41, 5.74) is 2.71. The molecule has 0 saturated heterocycles. The molecule has 17 heavy (non-hydrogen) atoms. The largest absolute Gasteiger partial charge is 0.146 e. The standard InChI is InChI=1S/C14H14BrClS/c1-9-7-13(10(2)17-9)14(15)8-11-3-5-12(16)6-4-11/h3-7,14H,8H2,1-2H3. The molecule has 0 aliphatic rings. The zero-order valence-electron chi connectivity index (χ0n) is 9.84. The molecule has 0 fully saturated rings. The number of rotatable bonds is 3. The predicted molar refractivity (Wildman–Crippen MR) is 80.6 cm³/mol. The minimum absolute atomic E-state index is 0.383. The van der Waals surface area contributed by atoms with Crippen LogP contribution in [0.15, 0.2) is 30.3 Å². The summed E-state index contributed by atoms with van der Waals surface area (Å²) >= 11 is 11.5. The first-order valence-corrected chi connectivity index (χ1v) is 7.62. The molecule has 0 saturated carbocycles. The third-order valence-corrected chi connectivity index (χ3v) is 4.80. The molecule has 90 valence electrons. The van der Waals surface area contributed by atoms with Gasteiger partial charge in [-0.15, -0.1) is 11.3 Å². The van der Waals surface area contributed by atoms with E-state index in [1.54, 1.807) is 0 Å². The molecule has 0 bridgehead atoms. The van der Waals surface area contributed by atoms with Gasteiger partial charge < -0.3 is 0 Å². The maximum atomic E-state index is 5.88. The van der Waals surface area contributed by atoms with Crippen LogP contribution in [0.25, 0.3) is 0 Å². The van der Waals surface area contributed by atoms with Crippen molar-refractivity contribution in [3.05, 3.63) is 56.2 Å². The number of benzene rings is 1. The van der Waals surface area contributed by atoms with Crippen molar-refractivity contribution < 1.29 is 0 Å². The van der Waals surface area contributed by atoms with Crippen molar-refractivity contribution in [1.29, 1.82) is 0 Å². The van der Waals surface area contributed by atoms with Gasteiger partial charge in [0.25, 0.3) is 0 Å². The van der Waals surface area contributed by atoms with Crippen molar-refractivity contribution in [3.8, 4) is 0 Å². The van der Waals surface area contributed by atoms with Crippen molar-refractivity contribution in [2.45, 2.75) is 25.1 Å². The van der Waals surface area contributed by atoms with Crippen molar-refractivity contribution in [3.63, 3.8) is 0 Å². The average molecular weight is 330 g/mol. The Morgan fingerprint density at radius 3 is 2.41 bits per heavy atom. The number of hydrogen-bond donors (Lipinski definition) is 0. The molecule has 2 aromatic rings. The Hall–Kier alpha value is -0.310. The molecular weight excluding hydrogens is 316 g/mol. The normalized spacial score (nSPS) is 12.7. The van der Waals surface area contributed by atoms with Crippen molar-refractivity contribution in [2.24, 2.45) is 0 Å². The van der Waals surface area contributed by atoms with Crippen LogP contribution < -0.4 is 0 Å². The highest BCUT2D eigenvalue weighted by Crippen LogP contribution is 2.34. The second-order valence-corrected chi connectivity index (χ2v) is 7.17. The van der Waals surface area contributed by atoms with Crippen LogP contribution >= 0.6 is 38.9 Å². The van der Waals surface area contributed by atoms with Crippen molar-refractivity contribution in [1.82, 2.24) is 0 Å². The molecule has 0 spiro atoms. The van der Waals surface area contributed by atoms with Crippen LogP contribution in [-0.2, 0) is 6.42 Å². The molecule has 1 aromatic heterocycles. The maximum absolute atomic E-state index is 5.88. The lowest BCUT2D eigenvalue weighted by atomic mass is 10.0. The molecule has 2 rings (SSSR count). The molecule has 0 amide bonds. The van der Waals surface area contributed by atoms with Gasteiger partial charge >= 0.3 is 0 Å². The van der Waals surface area contributed by atoms with Gasteiger partial charge in [0.05, 0.1) is 0 Å². The zero-order chi connectivity index (χ0) is 12.4. The lowest BCUT2D eigenvalue weighted by Crippen LogP contribution is -1.95. The van der Waals surface area contributed by atoms with E-state index >= 15 is 0 Å². The van der Waals surface area contributed by atoms with Gasteiger partial charge in [0.15, 0.2) is 0 Å². The van der Waals surface area contributed by atoms with E-state index in [2.05, 4.69) is 48.0 Å². The summed E-state index contributed by atoms with van der Waals surface area (Å²) in [5, 5.41) is 0.794. The zero-order valence-corrected chi connectivity index (χ0v) is 13.0. The second-order valence-electron chi connectivity index (χ2n) is 4.17. The van der Waals surface area contributed by atoms with Gasteiger partial charge in [-0.05, 0) is 49.6 Å². The first-order chi connectivity index (χ1) is 8.06. The topological polar surface area (TPSA) is 0 Å². The fraction of sp³-hybridized carbons (Fsp3) is 0.286. The third-order valence-electron chi connectivity index (χ3n) is 2.75. The highest BCUT2D eigenvalue weighted by molar-refractivity contribution is 9.09. The predicted octanol–water partition coefficient (Wildman–Crippen LogP) is 5.70. The molecule has 0 nitrogen and oxygen atoms in total. The fourth-order valence-corrected chi connectivity index (χ4v) is 4.01. The first-order valence-electron chi connectivity index (χ1n) is 5.51. The molecule has 1 unspecified atom stereocenters. The smallest absolute Gasteiger partial charge is 0.0446 e. The van der Waals surface area contributed by atoms with E-state index in [-0.39, 0.29) is 0 Å². The highest BCUT2D eigenvalue weighted by Gasteiger charge is 2.13. The average Bonchev–Trinajstić information content (AvgIpc) is 2.61. The molecule has 1 atom stereocenters. The Kier molecular flexibility index (Phi) is 4.29. The van der Waals surface area contributed by atoms with E-state index in [9.17, 15) is 0 Å². The highest BCUT2D eigenvalue weighted by atomic mass is 79.9. The number of hydrogen-bond acceptors (Lipinski definition) is 1. The summed E-state index contributed by atoms with van der Waals surface area (Å²) in [6.45, 7) is 4.34. The van der Waals surface area contributed by atoms with E-state index in [1.165, 1.54) is 20.9 Å². The minimum Gasteiger partial charge on any atom is -0.146 e. The van der Waals surface area contributed by atoms with Crippen LogP contribution in [0.3, 0.4) is 0 Å². The number of thiophene rings is 1. The van der Waals surface area contributed by atoms with Crippen LogP contribution in [-0.4, -0.2) is 0 Å². The van der Waals surface area contributed by atoms with E-state index in [0.29, 0.717) is 4.83 Å². The van der Waals surface area contributed by atoms with Crippen LogP contribution in [0.1, 0.15) is 25.7 Å². The quantitative estimate of drug-likeness (QED) is 0.634. The number of alkyl halides is 1. The lowest BCUT2D eigenvalue weighted by Gasteiger charge is -2.09. The summed E-state index contributed by atoms with van der Waals surface area (Å²) in [6.07, 6.45) is 0.994. The van der Waals surface area contributed by atoms with Crippen molar-refractivity contribution in [2.75, 3.05) is 0 Å². The van der Waals surface area contributed by atoms with E-state index in [4.69, 9.17) is 11.6 Å². The molecule has 0 aliphatic carbocycles. The molecule has 1 aromatic carbocycles. The maximum Gasteiger partial charge on any atom is 0.0446 e. The van der Waals surface area contributed by atoms with Gasteiger partial charge in [0, 0.05) is 19.6 Å². The monoisotopic (exact) mass is 328 g/mol. The fourth-order valence-electron chi connectivity index (χ4n) is 1.90. The van der Waals surface area contributed by atoms with Gasteiger partial charge in [-0.3, -0.25) is 0 Å². The van der Waals surface area contributed by atoms with Crippen molar-refractivity contribution >= 4 is 38.9 Å². The lowest BCUT2D eigenvalue weighted by molar-refractivity contribution is 0.946. The molecule has 1 heterocycles. The van der Waals surface area contributed by atoms with Crippen LogP contribution in [0.2, 0.25) is 5.02 Å². The summed E-state index contributed by atoms with van der Waals surface area (Å²) in [5.74, 6) is 0. The Labute approximate surface area is 120 Å². The Bertz CT molecular complexity index is 501. The van der Waals surface area contributed by atoms with Crippen LogP contribution in [0, 0.1) is 13.8 Å². The molecule has 0 N–H and O–H groups in total. The SMILES string of the molecule is Cc1cc(C(Br)Cc2ccc(Cl)cc2)c(C)s1. The molecule has 3 heteroatoms. The molecular formula is C14H14BrClS. The van der Waals surface area contributed by atoms with Crippen LogP contribution in [0.4, 0.5) is 0 Å². The molecule has 0 aliphatic heterocycles. The minimum atomic E-state index is 0.383. The van der Waals surface area contributed by atoms with Gasteiger partial charge in [-0.25, -0.2) is 0 Å². The van der Waals surface area contributed by atoms with Gasteiger partial charge in [0.1, 0.15) is 0 Å². The summed E-state index contributed by atoms with van der Waals surface area (Å²) < 4.78 is 0. The van der Waals surface area contributed by atoms with Gasteiger partial charge in [-0.1, -0.05) is 39.7 Å². The summed E-state index contributed by atoms with van der Waals surface area (Å²) in [7, 11) is 0. The number of halogens is 2. The van der Waals surface area contributed by atoms with Crippen LogP contribution in [0.5, 0.6) is 0 Å². The van der Waals surface area contributed by atoms with E-state index in [0.717, 1.165) is 11.4 Å². The Morgan fingerprint density at radius 1 is 1.24 bits per heavy atom. The second kappa shape index (κ2) is 5.55. The molecule has 0 radical (unpaired) electrons. The first kappa shape index (κ1) is 13.1. The van der Waals surface area contributed by atoms with E-state index < -0.39 is 0 Å². The van der Waals surface area contributed by atoms with E-state index in [1.807, 2.05) is 23.5 Å². The third kappa shape index (κ3) is 3.34. The Morgan fingerprint density at radius 2 is 1.88 bits per heavy atom. The number of aryl methyl sites for hydroxylation is 2. The summed E-state index contributed by atoms with van der Waals surface area (Å²) in [6, 6.07) is 10.3. The Balaban J connectivity index is 2.14. The van der Waals surface area contributed by atoms with Gasteiger partial charge in [0.2, 0.25) is 0 Å². The summed E-state index contributed by atoms with van der Waals surface area (Å²) in [4.78, 5) is 3.16.